The number of hydrogen-bond donors (Lipinski definition) is 2. The first-order valence-corrected chi connectivity index (χ1v) is 9.28. The fourth-order valence-corrected chi connectivity index (χ4v) is 4.24. The summed E-state index contributed by atoms with van der Waals surface area (Å²) in [5.41, 5.74) is 5.29. The van der Waals surface area contributed by atoms with E-state index < -0.39 is 0 Å². The monoisotopic (exact) mass is 341 g/mol. The second-order valence-electron chi connectivity index (χ2n) is 6.49. The zero-order valence-electron chi connectivity index (χ0n) is 13.2. The maximum absolute atomic E-state index is 12.3. The molecule has 6 heteroatoms. The molecule has 1 atom stereocenters. The number of amides is 2. The van der Waals surface area contributed by atoms with Crippen LogP contribution in [0.3, 0.4) is 0 Å². The van der Waals surface area contributed by atoms with Gasteiger partial charge in [-0.3, -0.25) is 9.59 Å². The van der Waals surface area contributed by atoms with Crippen LogP contribution in [0.25, 0.3) is 0 Å². The molecule has 2 aliphatic rings. The summed E-state index contributed by atoms with van der Waals surface area (Å²) < 4.78 is 0. The van der Waals surface area contributed by atoms with E-state index in [4.69, 9.17) is 0 Å². The molecule has 24 heavy (non-hydrogen) atoms. The van der Waals surface area contributed by atoms with Crippen LogP contribution in [0.4, 0.5) is 11.4 Å². The minimum Gasteiger partial charge on any atom is -0.326 e. The van der Waals surface area contributed by atoms with Crippen molar-refractivity contribution in [1.82, 2.24) is 4.98 Å². The number of benzene rings is 1. The molecule has 0 spiro atoms. The minimum absolute atomic E-state index is 0.0141. The molecule has 1 saturated carbocycles. The van der Waals surface area contributed by atoms with Crippen LogP contribution >= 0.6 is 11.3 Å². The standard InChI is InChI=1S/C18H19N3O2S/c22-17-8-14(16-9-24-10-19-16)13-6-5-12(7-15(13)21-17)20-18(23)11-3-1-2-4-11/h5-7,9-11,14H,1-4,8H2,(H,20,23)(H,21,22). The Kier molecular flexibility index (Phi) is 4.06. The lowest BCUT2D eigenvalue weighted by Gasteiger charge is -2.25. The first-order valence-electron chi connectivity index (χ1n) is 8.33. The van der Waals surface area contributed by atoms with Crippen LogP contribution in [-0.4, -0.2) is 16.8 Å². The second-order valence-corrected chi connectivity index (χ2v) is 7.21. The summed E-state index contributed by atoms with van der Waals surface area (Å²) >= 11 is 1.53. The summed E-state index contributed by atoms with van der Waals surface area (Å²) in [6, 6.07) is 5.77. The lowest BCUT2D eigenvalue weighted by atomic mass is 9.88. The number of fused-ring (bicyclic) bond motifs is 1. The second kappa shape index (κ2) is 6.36. The van der Waals surface area contributed by atoms with Gasteiger partial charge in [-0.05, 0) is 30.5 Å². The van der Waals surface area contributed by atoms with Gasteiger partial charge in [-0.2, -0.15) is 0 Å². The van der Waals surface area contributed by atoms with E-state index in [2.05, 4.69) is 15.6 Å². The van der Waals surface area contributed by atoms with E-state index in [-0.39, 0.29) is 23.7 Å². The average molecular weight is 341 g/mol. The molecule has 1 aliphatic heterocycles. The predicted octanol–water partition coefficient (Wildman–Crippen LogP) is 3.75. The molecule has 0 radical (unpaired) electrons. The largest absolute Gasteiger partial charge is 0.326 e. The maximum Gasteiger partial charge on any atom is 0.227 e. The van der Waals surface area contributed by atoms with E-state index in [1.165, 1.54) is 11.3 Å². The smallest absolute Gasteiger partial charge is 0.227 e. The van der Waals surface area contributed by atoms with Gasteiger partial charge in [-0.15, -0.1) is 11.3 Å². The summed E-state index contributed by atoms with van der Waals surface area (Å²) in [6.07, 6.45) is 4.62. The topological polar surface area (TPSA) is 71.1 Å². The summed E-state index contributed by atoms with van der Waals surface area (Å²) in [5.74, 6) is 0.184. The zero-order chi connectivity index (χ0) is 16.5. The lowest BCUT2D eigenvalue weighted by molar-refractivity contribution is -0.119. The fraction of sp³-hybridized carbons (Fsp3) is 0.389. The van der Waals surface area contributed by atoms with Crippen molar-refractivity contribution < 1.29 is 9.59 Å². The van der Waals surface area contributed by atoms with E-state index in [0.29, 0.717) is 6.42 Å². The molecule has 2 amide bonds. The molecule has 1 aromatic heterocycles. The van der Waals surface area contributed by atoms with Crippen LogP contribution in [-0.2, 0) is 9.59 Å². The number of hydrogen-bond acceptors (Lipinski definition) is 4. The quantitative estimate of drug-likeness (QED) is 0.893. The van der Waals surface area contributed by atoms with Crippen molar-refractivity contribution in [3.63, 3.8) is 0 Å². The van der Waals surface area contributed by atoms with Crippen LogP contribution in [0.5, 0.6) is 0 Å². The lowest BCUT2D eigenvalue weighted by Crippen LogP contribution is -2.24. The Labute approximate surface area is 144 Å². The van der Waals surface area contributed by atoms with Crippen molar-refractivity contribution >= 4 is 34.5 Å². The summed E-state index contributed by atoms with van der Waals surface area (Å²) in [4.78, 5) is 28.7. The molecule has 2 aromatic rings. The van der Waals surface area contributed by atoms with Crippen molar-refractivity contribution in [1.29, 1.82) is 0 Å². The van der Waals surface area contributed by atoms with Crippen molar-refractivity contribution in [3.8, 4) is 0 Å². The average Bonchev–Trinajstić information content (AvgIpc) is 3.27. The van der Waals surface area contributed by atoms with E-state index in [0.717, 1.165) is 48.3 Å². The Morgan fingerprint density at radius 3 is 2.88 bits per heavy atom. The van der Waals surface area contributed by atoms with Crippen LogP contribution in [0, 0.1) is 5.92 Å². The van der Waals surface area contributed by atoms with Crippen molar-refractivity contribution in [2.45, 2.75) is 38.0 Å². The van der Waals surface area contributed by atoms with Crippen LogP contribution in [0.2, 0.25) is 0 Å². The molecule has 1 fully saturated rings. The Morgan fingerprint density at radius 1 is 1.29 bits per heavy atom. The molecule has 5 nitrogen and oxygen atoms in total. The van der Waals surface area contributed by atoms with E-state index in [1.807, 2.05) is 23.6 Å². The molecule has 1 aromatic carbocycles. The third kappa shape index (κ3) is 2.94. The summed E-state index contributed by atoms with van der Waals surface area (Å²) in [5, 5.41) is 7.90. The highest BCUT2D eigenvalue weighted by Crippen LogP contribution is 2.38. The highest BCUT2D eigenvalue weighted by atomic mass is 32.1. The van der Waals surface area contributed by atoms with Crippen molar-refractivity contribution in [2.24, 2.45) is 5.92 Å². The number of thiazole rings is 1. The van der Waals surface area contributed by atoms with Gasteiger partial charge in [0.25, 0.3) is 0 Å². The van der Waals surface area contributed by atoms with Gasteiger partial charge in [0.2, 0.25) is 11.8 Å². The van der Waals surface area contributed by atoms with Crippen LogP contribution < -0.4 is 10.6 Å². The molecular formula is C18H19N3O2S. The first kappa shape index (κ1) is 15.3. The number of nitrogens with one attached hydrogen (secondary N) is 2. The van der Waals surface area contributed by atoms with Gasteiger partial charge >= 0.3 is 0 Å². The van der Waals surface area contributed by atoms with Crippen molar-refractivity contribution in [2.75, 3.05) is 10.6 Å². The number of aromatic nitrogens is 1. The molecule has 0 saturated heterocycles. The Morgan fingerprint density at radius 2 is 2.12 bits per heavy atom. The first-order chi connectivity index (χ1) is 11.7. The highest BCUT2D eigenvalue weighted by Gasteiger charge is 2.28. The van der Waals surface area contributed by atoms with Crippen molar-refractivity contribution in [3.05, 3.63) is 40.3 Å². The highest BCUT2D eigenvalue weighted by molar-refractivity contribution is 7.07. The molecule has 1 unspecified atom stereocenters. The van der Waals surface area contributed by atoms with Crippen LogP contribution in [0.1, 0.15) is 49.3 Å². The Balaban J connectivity index is 1.59. The third-order valence-electron chi connectivity index (χ3n) is 4.89. The third-order valence-corrected chi connectivity index (χ3v) is 5.50. The minimum atomic E-state index is -0.0143. The SMILES string of the molecule is O=C1CC(c2cscn2)c2ccc(NC(=O)C3CCCC3)cc2N1. The number of carbonyl (C=O) groups is 2. The van der Waals surface area contributed by atoms with Gasteiger partial charge in [0.05, 0.1) is 11.2 Å². The number of carbonyl (C=O) groups excluding carboxylic acids is 2. The normalized spacial score (nSPS) is 20.5. The number of rotatable bonds is 3. The molecule has 4 rings (SSSR count). The van der Waals surface area contributed by atoms with E-state index in [9.17, 15) is 9.59 Å². The zero-order valence-corrected chi connectivity index (χ0v) is 14.1. The van der Waals surface area contributed by atoms with Gasteiger partial charge in [-0.1, -0.05) is 18.9 Å². The number of nitrogens with zero attached hydrogens (tertiary/aromatic N) is 1. The maximum atomic E-state index is 12.3. The fourth-order valence-electron chi connectivity index (χ4n) is 3.63. The van der Waals surface area contributed by atoms with Gasteiger partial charge in [0, 0.05) is 35.0 Å². The van der Waals surface area contributed by atoms with E-state index in [1.54, 1.807) is 5.51 Å². The number of anilines is 2. The summed E-state index contributed by atoms with van der Waals surface area (Å²) in [7, 11) is 0. The molecule has 2 heterocycles. The van der Waals surface area contributed by atoms with E-state index >= 15 is 0 Å². The van der Waals surface area contributed by atoms with Gasteiger partial charge in [0.15, 0.2) is 0 Å². The van der Waals surface area contributed by atoms with Gasteiger partial charge < -0.3 is 10.6 Å². The van der Waals surface area contributed by atoms with Crippen LogP contribution in [0.15, 0.2) is 29.1 Å². The van der Waals surface area contributed by atoms with Gasteiger partial charge in [-0.25, -0.2) is 4.98 Å². The molecule has 124 valence electrons. The molecule has 1 aliphatic carbocycles. The Bertz CT molecular complexity index is 767. The molecular weight excluding hydrogens is 322 g/mol. The van der Waals surface area contributed by atoms with Gasteiger partial charge in [0.1, 0.15) is 0 Å². The summed E-state index contributed by atoms with van der Waals surface area (Å²) in [6.45, 7) is 0. The predicted molar refractivity (Wildman–Crippen MR) is 94.2 cm³/mol. The Hall–Kier alpha value is -2.21. The molecule has 0 bridgehead atoms. The molecule has 2 N–H and O–H groups in total.